The maximum atomic E-state index is 2.73. The first-order valence-corrected chi connectivity index (χ1v) is 16.4. The molecule has 0 heteroatoms. The van der Waals surface area contributed by atoms with Crippen molar-refractivity contribution in [2.45, 2.75) is 164 Å². The normalized spacial score (nSPS) is 14.3. The van der Waals surface area contributed by atoms with Crippen LogP contribution in [0.2, 0.25) is 0 Å². The minimum atomic E-state index is 0.598. The van der Waals surface area contributed by atoms with Crippen molar-refractivity contribution in [1.29, 1.82) is 0 Å². The summed E-state index contributed by atoms with van der Waals surface area (Å²) in [5.41, 5.74) is 19.2. The molecule has 1 aliphatic carbocycles. The maximum absolute atomic E-state index is 2.73. The van der Waals surface area contributed by atoms with E-state index in [1.165, 1.54) is 103 Å². The molecule has 206 valence electrons. The Morgan fingerprint density at radius 2 is 0.865 bits per heavy atom. The molecule has 37 heavy (non-hydrogen) atoms. The standard InChI is InChI=1S/C37H58/c1-9-17-26-25-34-33(24-16-8)35-31(22-14-6)28(19-11-3)29(20-12-4)32(23-15-7)37(35)36(34)30(21-13-5)27(26)18-10-2/h25,33H,9-24H2,1-8H3. The van der Waals surface area contributed by atoms with E-state index in [1.54, 1.807) is 61.2 Å². The van der Waals surface area contributed by atoms with Crippen LogP contribution >= 0.6 is 0 Å². The van der Waals surface area contributed by atoms with Gasteiger partial charge in [0, 0.05) is 5.92 Å². The van der Waals surface area contributed by atoms with Gasteiger partial charge in [-0.15, -0.1) is 0 Å². The van der Waals surface area contributed by atoms with Crippen LogP contribution in [0.5, 0.6) is 0 Å². The van der Waals surface area contributed by atoms with Gasteiger partial charge in [-0.3, -0.25) is 0 Å². The predicted octanol–water partition coefficient (Wildman–Crippen LogP) is 11.3. The molecular formula is C37H58. The highest BCUT2D eigenvalue weighted by Crippen LogP contribution is 2.55. The fraction of sp³-hybridized carbons (Fsp3) is 0.676. The molecule has 1 aliphatic rings. The molecule has 0 amide bonds. The van der Waals surface area contributed by atoms with Gasteiger partial charge in [0.25, 0.3) is 0 Å². The largest absolute Gasteiger partial charge is 0.0653 e. The highest BCUT2D eigenvalue weighted by molar-refractivity contribution is 5.88. The molecule has 0 fully saturated rings. The molecule has 0 nitrogen and oxygen atoms in total. The maximum Gasteiger partial charge on any atom is 0.0105 e. The summed E-state index contributed by atoms with van der Waals surface area (Å²) in [5, 5.41) is 0. The van der Waals surface area contributed by atoms with E-state index >= 15 is 0 Å². The second-order valence-corrected chi connectivity index (χ2v) is 11.8. The van der Waals surface area contributed by atoms with Crippen LogP contribution in [0.25, 0.3) is 11.1 Å². The van der Waals surface area contributed by atoms with Crippen LogP contribution in [0.1, 0.15) is 169 Å². The fourth-order valence-electron chi connectivity index (χ4n) is 7.59. The Balaban J connectivity index is 2.57. The van der Waals surface area contributed by atoms with Crippen molar-refractivity contribution in [2.75, 3.05) is 0 Å². The van der Waals surface area contributed by atoms with E-state index in [1.807, 2.05) is 0 Å². The van der Waals surface area contributed by atoms with Gasteiger partial charge < -0.3 is 0 Å². The molecule has 2 aromatic rings. The van der Waals surface area contributed by atoms with Crippen molar-refractivity contribution in [3.8, 4) is 11.1 Å². The molecule has 1 unspecified atom stereocenters. The van der Waals surface area contributed by atoms with Crippen molar-refractivity contribution in [1.82, 2.24) is 0 Å². The third kappa shape index (κ3) is 5.89. The SMILES string of the molecule is CCCc1cc2c(c(CCC)c1CCC)-c1c(CCC)c(CCC)c(CCC)c(CCC)c1C2CCC. The van der Waals surface area contributed by atoms with E-state index in [-0.39, 0.29) is 0 Å². The van der Waals surface area contributed by atoms with Crippen LogP contribution in [0.4, 0.5) is 0 Å². The summed E-state index contributed by atoms with van der Waals surface area (Å²) in [6, 6.07) is 2.73. The minimum Gasteiger partial charge on any atom is -0.0653 e. The van der Waals surface area contributed by atoms with Gasteiger partial charge in [0.05, 0.1) is 0 Å². The van der Waals surface area contributed by atoms with Gasteiger partial charge in [0.15, 0.2) is 0 Å². The van der Waals surface area contributed by atoms with Gasteiger partial charge >= 0.3 is 0 Å². The van der Waals surface area contributed by atoms with E-state index in [9.17, 15) is 0 Å². The molecule has 0 saturated heterocycles. The third-order valence-corrected chi connectivity index (χ3v) is 8.73. The highest BCUT2D eigenvalue weighted by atomic mass is 14.4. The predicted molar refractivity (Wildman–Crippen MR) is 167 cm³/mol. The molecular weight excluding hydrogens is 444 g/mol. The number of rotatable bonds is 16. The Kier molecular flexibility index (Phi) is 11.8. The highest BCUT2D eigenvalue weighted by Gasteiger charge is 2.37. The molecule has 0 aromatic heterocycles. The first kappa shape index (κ1) is 30.0. The second kappa shape index (κ2) is 14.6. The van der Waals surface area contributed by atoms with Gasteiger partial charge in [-0.05, 0) is 113 Å². The monoisotopic (exact) mass is 502 g/mol. The molecule has 1 atom stereocenters. The summed E-state index contributed by atoms with van der Waals surface area (Å²) in [6.45, 7) is 19.2. The van der Waals surface area contributed by atoms with Crippen molar-refractivity contribution in [3.63, 3.8) is 0 Å². The minimum absolute atomic E-state index is 0.598. The average Bonchev–Trinajstić information content (AvgIpc) is 3.19. The van der Waals surface area contributed by atoms with Crippen molar-refractivity contribution >= 4 is 0 Å². The van der Waals surface area contributed by atoms with E-state index in [4.69, 9.17) is 0 Å². The summed E-state index contributed by atoms with van der Waals surface area (Å²) in [6.07, 6.45) is 20.0. The topological polar surface area (TPSA) is 0 Å². The molecule has 0 saturated carbocycles. The number of fused-ring (bicyclic) bond motifs is 3. The Bertz CT molecular complexity index is 1020. The number of hydrogen-bond acceptors (Lipinski definition) is 0. The Morgan fingerprint density at radius 1 is 0.432 bits per heavy atom. The lowest BCUT2D eigenvalue weighted by molar-refractivity contribution is 0.692. The quantitative estimate of drug-likeness (QED) is 0.214. The van der Waals surface area contributed by atoms with Gasteiger partial charge in [0.1, 0.15) is 0 Å². The summed E-state index contributed by atoms with van der Waals surface area (Å²) in [5.74, 6) is 0.598. The summed E-state index contributed by atoms with van der Waals surface area (Å²) < 4.78 is 0. The van der Waals surface area contributed by atoms with Crippen LogP contribution in [0.15, 0.2) is 6.07 Å². The van der Waals surface area contributed by atoms with Crippen LogP contribution < -0.4 is 0 Å². The average molecular weight is 503 g/mol. The van der Waals surface area contributed by atoms with Gasteiger partial charge in [-0.1, -0.05) is 113 Å². The molecule has 0 aliphatic heterocycles. The van der Waals surface area contributed by atoms with Crippen LogP contribution in [0.3, 0.4) is 0 Å². The lowest BCUT2D eigenvalue weighted by Crippen LogP contribution is -2.12. The van der Waals surface area contributed by atoms with Crippen molar-refractivity contribution in [3.05, 3.63) is 56.1 Å². The first-order chi connectivity index (χ1) is 18.1. The zero-order valence-corrected chi connectivity index (χ0v) is 26.0. The Hall–Kier alpha value is -1.56. The smallest absolute Gasteiger partial charge is 0.0105 e. The van der Waals surface area contributed by atoms with Gasteiger partial charge in [-0.25, -0.2) is 0 Å². The zero-order valence-electron chi connectivity index (χ0n) is 26.0. The molecule has 0 spiro atoms. The fourth-order valence-corrected chi connectivity index (χ4v) is 7.59. The molecule has 3 rings (SSSR count). The van der Waals surface area contributed by atoms with Gasteiger partial charge in [0.2, 0.25) is 0 Å². The summed E-state index contributed by atoms with van der Waals surface area (Å²) in [7, 11) is 0. The Labute approximate surface area is 231 Å². The molecule has 0 N–H and O–H groups in total. The molecule has 0 radical (unpaired) electrons. The summed E-state index contributed by atoms with van der Waals surface area (Å²) >= 11 is 0. The van der Waals surface area contributed by atoms with Crippen LogP contribution in [0, 0.1) is 0 Å². The summed E-state index contributed by atoms with van der Waals surface area (Å²) in [4.78, 5) is 0. The van der Waals surface area contributed by atoms with E-state index in [0.717, 1.165) is 0 Å². The zero-order chi connectivity index (χ0) is 26.9. The Morgan fingerprint density at radius 3 is 1.38 bits per heavy atom. The van der Waals surface area contributed by atoms with E-state index in [2.05, 4.69) is 61.5 Å². The second-order valence-electron chi connectivity index (χ2n) is 11.8. The van der Waals surface area contributed by atoms with E-state index < -0.39 is 0 Å². The van der Waals surface area contributed by atoms with Crippen molar-refractivity contribution < 1.29 is 0 Å². The number of benzene rings is 2. The van der Waals surface area contributed by atoms with Crippen molar-refractivity contribution in [2.24, 2.45) is 0 Å². The molecule has 2 aromatic carbocycles. The van der Waals surface area contributed by atoms with Crippen LogP contribution in [-0.2, 0) is 44.9 Å². The lowest BCUT2D eigenvalue weighted by Gasteiger charge is -2.27. The molecule has 0 bridgehead atoms. The first-order valence-electron chi connectivity index (χ1n) is 16.4. The van der Waals surface area contributed by atoms with Gasteiger partial charge in [-0.2, -0.15) is 0 Å². The van der Waals surface area contributed by atoms with E-state index in [0.29, 0.717) is 5.92 Å². The lowest BCUT2D eigenvalue weighted by atomic mass is 9.78. The third-order valence-electron chi connectivity index (χ3n) is 8.73. The molecule has 0 heterocycles. The van der Waals surface area contributed by atoms with Crippen LogP contribution in [-0.4, -0.2) is 0 Å². The number of aryl methyl sites for hydroxylation is 1. The number of hydrogen-bond donors (Lipinski definition) is 0.